The van der Waals surface area contributed by atoms with Gasteiger partial charge in [-0.15, -0.1) is 0 Å². The molecular weight excluding hydrogens is 480 g/mol. The number of aliphatic hydroxyl groups excluding tert-OH is 1. The summed E-state index contributed by atoms with van der Waals surface area (Å²) in [6.45, 7) is 2.19. The van der Waals surface area contributed by atoms with Crippen LogP contribution in [0, 0.1) is 0 Å². The van der Waals surface area contributed by atoms with Gasteiger partial charge in [0.15, 0.2) is 0 Å². The van der Waals surface area contributed by atoms with Crippen molar-refractivity contribution in [3.63, 3.8) is 0 Å². The lowest BCUT2D eigenvalue weighted by Crippen LogP contribution is -2.60. The minimum Gasteiger partial charge on any atom is -0.480 e. The molecular formula is C25H42N6O6. The van der Waals surface area contributed by atoms with E-state index in [2.05, 4.69) is 16.0 Å². The number of aliphatic hydroxyl groups is 1. The zero-order valence-electron chi connectivity index (χ0n) is 21.4. The maximum Gasteiger partial charge on any atom is 0.326 e. The first kappa shape index (κ1) is 32.0. The zero-order valence-corrected chi connectivity index (χ0v) is 21.4. The first-order valence-corrected chi connectivity index (χ1v) is 12.6. The quantitative estimate of drug-likeness (QED) is 0.107. The zero-order chi connectivity index (χ0) is 27.8. The van der Waals surface area contributed by atoms with Gasteiger partial charge < -0.3 is 43.4 Å². The summed E-state index contributed by atoms with van der Waals surface area (Å²) in [5, 5.41) is 27.2. The number of aliphatic carboxylic acids is 1. The Kier molecular flexibility index (Phi) is 15.0. The van der Waals surface area contributed by atoms with E-state index in [1.165, 1.54) is 6.92 Å². The topological polar surface area (TPSA) is 223 Å². The predicted octanol–water partition coefficient (Wildman–Crippen LogP) is -1.27. The number of amides is 3. The molecule has 37 heavy (non-hydrogen) atoms. The van der Waals surface area contributed by atoms with E-state index in [1.54, 1.807) is 30.3 Å². The molecule has 0 heterocycles. The van der Waals surface area contributed by atoms with Crippen LogP contribution in [0.4, 0.5) is 0 Å². The van der Waals surface area contributed by atoms with Crippen molar-refractivity contribution in [2.45, 2.75) is 82.1 Å². The second kappa shape index (κ2) is 17.4. The van der Waals surface area contributed by atoms with Gasteiger partial charge in [0.05, 0.1) is 12.1 Å². The second-order valence-corrected chi connectivity index (χ2v) is 9.05. The fraction of sp³-hybridized carbons (Fsp3) is 0.600. The molecule has 0 saturated heterocycles. The van der Waals surface area contributed by atoms with Crippen molar-refractivity contribution in [1.29, 1.82) is 0 Å². The SMILES string of the molecule is CC(O)C(NC(=O)C(N)CCCCN)C(=O)NC(Cc1ccccc1)C(=O)NC(CCCCN)C(=O)O. The lowest BCUT2D eigenvalue weighted by molar-refractivity contribution is -0.142. The second-order valence-electron chi connectivity index (χ2n) is 9.05. The van der Waals surface area contributed by atoms with Crippen LogP contribution in [-0.4, -0.2) is 77.3 Å². The molecule has 0 radical (unpaired) electrons. The van der Waals surface area contributed by atoms with Crippen LogP contribution in [-0.2, 0) is 25.6 Å². The number of carbonyl (C=O) groups is 4. The van der Waals surface area contributed by atoms with Crippen molar-refractivity contribution in [3.8, 4) is 0 Å². The van der Waals surface area contributed by atoms with Crippen molar-refractivity contribution in [2.75, 3.05) is 13.1 Å². The highest BCUT2D eigenvalue weighted by molar-refractivity contribution is 5.94. The van der Waals surface area contributed by atoms with E-state index in [0.29, 0.717) is 45.2 Å². The Hall–Kier alpha value is -3.06. The van der Waals surface area contributed by atoms with Crippen molar-refractivity contribution in [2.24, 2.45) is 17.2 Å². The van der Waals surface area contributed by atoms with Gasteiger partial charge in [0, 0.05) is 6.42 Å². The van der Waals surface area contributed by atoms with Crippen molar-refractivity contribution < 1.29 is 29.4 Å². The Labute approximate surface area is 217 Å². The van der Waals surface area contributed by atoms with E-state index < -0.39 is 54.0 Å². The Morgan fingerprint density at radius 3 is 1.92 bits per heavy atom. The van der Waals surface area contributed by atoms with Gasteiger partial charge in [0.1, 0.15) is 18.1 Å². The first-order chi connectivity index (χ1) is 17.6. The molecule has 1 rings (SSSR count). The number of carboxylic acids is 1. The number of rotatable bonds is 18. The summed E-state index contributed by atoms with van der Waals surface area (Å²) in [5.41, 5.74) is 17.5. The van der Waals surface area contributed by atoms with Crippen LogP contribution in [0.5, 0.6) is 0 Å². The summed E-state index contributed by atoms with van der Waals surface area (Å²) in [5.74, 6) is -3.32. The summed E-state index contributed by atoms with van der Waals surface area (Å²) in [6, 6.07) is 4.26. The summed E-state index contributed by atoms with van der Waals surface area (Å²) < 4.78 is 0. The van der Waals surface area contributed by atoms with E-state index in [1.807, 2.05) is 0 Å². The minimum atomic E-state index is -1.38. The maximum absolute atomic E-state index is 13.1. The van der Waals surface area contributed by atoms with E-state index in [-0.39, 0.29) is 12.8 Å². The van der Waals surface area contributed by atoms with Gasteiger partial charge in [-0.2, -0.15) is 0 Å². The number of hydrogen-bond donors (Lipinski definition) is 8. The van der Waals surface area contributed by atoms with Crippen LogP contribution in [0.25, 0.3) is 0 Å². The molecule has 1 aromatic rings. The van der Waals surface area contributed by atoms with Gasteiger partial charge >= 0.3 is 5.97 Å². The summed E-state index contributed by atoms with van der Waals surface area (Å²) in [4.78, 5) is 50.4. The molecule has 0 aliphatic carbocycles. The molecule has 0 aromatic heterocycles. The van der Waals surface area contributed by atoms with Gasteiger partial charge in [-0.25, -0.2) is 4.79 Å². The highest BCUT2D eigenvalue weighted by Crippen LogP contribution is 2.08. The number of nitrogens with two attached hydrogens (primary N) is 3. The van der Waals surface area contributed by atoms with E-state index in [9.17, 15) is 29.4 Å². The van der Waals surface area contributed by atoms with Gasteiger partial charge in [0.25, 0.3) is 0 Å². The van der Waals surface area contributed by atoms with Gasteiger partial charge in [0.2, 0.25) is 17.7 Å². The number of benzene rings is 1. The summed E-state index contributed by atoms with van der Waals surface area (Å²) >= 11 is 0. The molecule has 5 unspecified atom stereocenters. The molecule has 0 bridgehead atoms. The van der Waals surface area contributed by atoms with E-state index in [4.69, 9.17) is 17.2 Å². The monoisotopic (exact) mass is 522 g/mol. The lowest BCUT2D eigenvalue weighted by atomic mass is 10.0. The van der Waals surface area contributed by atoms with E-state index >= 15 is 0 Å². The van der Waals surface area contributed by atoms with Crippen LogP contribution < -0.4 is 33.2 Å². The third-order valence-electron chi connectivity index (χ3n) is 5.85. The molecule has 0 aliphatic heterocycles. The van der Waals surface area contributed by atoms with Gasteiger partial charge in [-0.05, 0) is 57.7 Å². The van der Waals surface area contributed by atoms with Crippen LogP contribution in [0.15, 0.2) is 30.3 Å². The van der Waals surface area contributed by atoms with Crippen LogP contribution in [0.2, 0.25) is 0 Å². The lowest BCUT2D eigenvalue weighted by Gasteiger charge is -2.26. The molecule has 12 nitrogen and oxygen atoms in total. The average Bonchev–Trinajstić information content (AvgIpc) is 2.86. The molecule has 208 valence electrons. The van der Waals surface area contributed by atoms with Crippen molar-refractivity contribution in [3.05, 3.63) is 35.9 Å². The summed E-state index contributed by atoms with van der Waals surface area (Å²) in [7, 11) is 0. The minimum absolute atomic E-state index is 0.0621. The Morgan fingerprint density at radius 2 is 1.38 bits per heavy atom. The molecule has 11 N–H and O–H groups in total. The smallest absolute Gasteiger partial charge is 0.326 e. The highest BCUT2D eigenvalue weighted by atomic mass is 16.4. The largest absolute Gasteiger partial charge is 0.480 e. The molecule has 3 amide bonds. The molecule has 5 atom stereocenters. The molecule has 0 saturated carbocycles. The van der Waals surface area contributed by atoms with Crippen LogP contribution in [0.3, 0.4) is 0 Å². The summed E-state index contributed by atoms with van der Waals surface area (Å²) in [6.07, 6.45) is 1.75. The normalized spacial score (nSPS) is 15.1. The molecule has 0 spiro atoms. The van der Waals surface area contributed by atoms with E-state index in [0.717, 1.165) is 5.56 Å². The number of unbranched alkanes of at least 4 members (excludes halogenated alkanes) is 2. The van der Waals surface area contributed by atoms with Gasteiger partial charge in [-0.3, -0.25) is 14.4 Å². The Morgan fingerprint density at radius 1 is 0.811 bits per heavy atom. The Bertz CT molecular complexity index is 853. The fourth-order valence-corrected chi connectivity index (χ4v) is 3.65. The average molecular weight is 523 g/mol. The predicted molar refractivity (Wildman–Crippen MR) is 139 cm³/mol. The highest BCUT2D eigenvalue weighted by Gasteiger charge is 2.32. The van der Waals surface area contributed by atoms with Crippen molar-refractivity contribution >= 4 is 23.7 Å². The third kappa shape index (κ3) is 12.2. The number of carboxylic acid groups (broad SMARTS) is 1. The van der Waals surface area contributed by atoms with Gasteiger partial charge in [-0.1, -0.05) is 36.8 Å². The molecule has 0 aliphatic rings. The van der Waals surface area contributed by atoms with Crippen LogP contribution in [0.1, 0.15) is 51.0 Å². The molecule has 12 heteroatoms. The number of nitrogens with one attached hydrogen (secondary N) is 3. The first-order valence-electron chi connectivity index (χ1n) is 12.6. The van der Waals surface area contributed by atoms with Crippen LogP contribution >= 0.6 is 0 Å². The Balaban J connectivity index is 3.01. The number of hydrogen-bond acceptors (Lipinski definition) is 8. The maximum atomic E-state index is 13.1. The molecule has 1 aromatic carbocycles. The standard InChI is InChI=1S/C25H42N6O6/c1-16(32)21(31-22(33)18(28)11-5-7-13-26)24(35)30-20(15-17-9-3-2-4-10-17)23(34)29-19(25(36)37)12-6-8-14-27/h2-4,9-10,16,18-21,32H,5-8,11-15,26-28H2,1H3,(H,29,34)(H,30,35)(H,31,33)(H,36,37). The van der Waals surface area contributed by atoms with Crippen molar-refractivity contribution in [1.82, 2.24) is 16.0 Å². The molecule has 0 fully saturated rings. The fourth-order valence-electron chi connectivity index (χ4n) is 3.65. The number of carbonyl (C=O) groups excluding carboxylic acids is 3. The third-order valence-corrected chi connectivity index (χ3v) is 5.85.